The third-order valence-corrected chi connectivity index (χ3v) is 2.13. The Morgan fingerprint density at radius 3 is 1.65 bits per heavy atom. The maximum Gasteiger partial charge on any atom is 0.303 e. The van der Waals surface area contributed by atoms with Crippen LogP contribution in [0.4, 0.5) is 0 Å². The van der Waals surface area contributed by atoms with E-state index in [4.69, 9.17) is 9.84 Å². The molecule has 0 unspecified atom stereocenters. The third kappa shape index (κ3) is 18.0. The zero-order chi connectivity index (χ0) is 14.1. The van der Waals surface area contributed by atoms with Crippen molar-refractivity contribution in [1.29, 1.82) is 0 Å². The van der Waals surface area contributed by atoms with E-state index < -0.39 is 5.60 Å². The van der Waals surface area contributed by atoms with E-state index in [1.165, 1.54) is 6.92 Å². The van der Waals surface area contributed by atoms with Crippen LogP contribution in [-0.4, -0.2) is 22.3 Å². The van der Waals surface area contributed by atoms with E-state index in [1.54, 1.807) is 0 Å². The van der Waals surface area contributed by atoms with E-state index in [9.17, 15) is 4.79 Å². The summed E-state index contributed by atoms with van der Waals surface area (Å²) < 4.78 is 5.04. The van der Waals surface area contributed by atoms with E-state index in [2.05, 4.69) is 13.8 Å². The average molecular weight is 246 g/mol. The molecular formula is C14H30O3. The molecule has 0 fully saturated rings. The summed E-state index contributed by atoms with van der Waals surface area (Å²) in [4.78, 5) is 10.5. The molecule has 0 heterocycles. The second kappa shape index (κ2) is 8.51. The first-order valence-corrected chi connectivity index (χ1v) is 6.46. The van der Waals surface area contributed by atoms with Crippen LogP contribution in [0.5, 0.6) is 0 Å². The average Bonchev–Trinajstić information content (AvgIpc) is 1.98. The summed E-state index contributed by atoms with van der Waals surface area (Å²) >= 11 is 0. The maximum atomic E-state index is 10.5. The van der Waals surface area contributed by atoms with Gasteiger partial charge in [0.2, 0.25) is 0 Å². The molecular weight excluding hydrogens is 216 g/mol. The molecule has 0 aliphatic rings. The summed E-state index contributed by atoms with van der Waals surface area (Å²) in [5.41, 5.74) is -0.727. The first kappa shape index (κ1) is 18.8. The largest absolute Gasteiger partial charge is 0.460 e. The van der Waals surface area contributed by atoms with Gasteiger partial charge < -0.3 is 9.84 Å². The number of aliphatic hydroxyl groups is 1. The number of esters is 1. The van der Waals surface area contributed by atoms with Crippen molar-refractivity contribution in [3.05, 3.63) is 0 Å². The summed E-state index contributed by atoms with van der Waals surface area (Å²) in [5.74, 6) is -0.196. The molecule has 0 spiro atoms. The van der Waals surface area contributed by atoms with Gasteiger partial charge in [-0.25, -0.2) is 0 Å². The van der Waals surface area contributed by atoms with Crippen LogP contribution >= 0.6 is 0 Å². The van der Waals surface area contributed by atoms with Crippen molar-refractivity contribution in [3.63, 3.8) is 0 Å². The summed E-state index contributed by atoms with van der Waals surface area (Å²) in [6.45, 7) is 13.1. The predicted octanol–water partition coefficient (Wildman–Crippen LogP) is 3.69. The molecule has 3 heteroatoms. The highest BCUT2D eigenvalue weighted by Crippen LogP contribution is 2.15. The molecule has 1 N–H and O–H groups in total. The van der Waals surface area contributed by atoms with E-state index in [-0.39, 0.29) is 11.6 Å². The smallest absolute Gasteiger partial charge is 0.303 e. The Kier molecular flexibility index (Phi) is 9.40. The molecule has 0 aromatic rings. The minimum Gasteiger partial charge on any atom is -0.460 e. The molecule has 0 atom stereocenters. The summed E-state index contributed by atoms with van der Waals surface area (Å²) in [6.07, 6.45) is 3.92. The van der Waals surface area contributed by atoms with Crippen LogP contribution in [-0.2, 0) is 9.53 Å². The SMILES string of the molecule is CCCC(C)(C)O.CCCC(C)(C)OC(C)=O. The summed E-state index contributed by atoms with van der Waals surface area (Å²) in [6, 6.07) is 0. The number of carbonyl (C=O) groups is 1. The van der Waals surface area contributed by atoms with Gasteiger partial charge in [-0.1, -0.05) is 26.7 Å². The lowest BCUT2D eigenvalue weighted by Gasteiger charge is -2.23. The lowest BCUT2D eigenvalue weighted by atomic mass is 10.0. The number of hydrogen-bond donors (Lipinski definition) is 1. The maximum absolute atomic E-state index is 10.5. The Labute approximate surface area is 107 Å². The van der Waals surface area contributed by atoms with Gasteiger partial charge in [0.05, 0.1) is 5.60 Å². The Hall–Kier alpha value is -0.570. The highest BCUT2D eigenvalue weighted by Gasteiger charge is 2.18. The van der Waals surface area contributed by atoms with Gasteiger partial charge in [0.1, 0.15) is 5.60 Å². The van der Waals surface area contributed by atoms with Crippen molar-refractivity contribution in [2.24, 2.45) is 0 Å². The standard InChI is InChI=1S/C8H16O2.C6H14O/c1-5-6-8(3,4)10-7(2)9;1-4-5-6(2,3)7/h5-6H2,1-4H3;7H,4-5H2,1-3H3. The monoisotopic (exact) mass is 246 g/mol. The van der Waals surface area contributed by atoms with Gasteiger partial charge in [0, 0.05) is 6.92 Å². The van der Waals surface area contributed by atoms with Crippen LogP contribution < -0.4 is 0 Å². The lowest BCUT2D eigenvalue weighted by molar-refractivity contribution is -0.154. The van der Waals surface area contributed by atoms with Crippen LogP contribution in [0.2, 0.25) is 0 Å². The Balaban J connectivity index is 0. The number of hydrogen-bond acceptors (Lipinski definition) is 3. The Bertz CT molecular complexity index is 202. The van der Waals surface area contributed by atoms with Gasteiger partial charge in [-0.3, -0.25) is 4.79 Å². The second-order valence-electron chi connectivity index (χ2n) is 5.67. The van der Waals surface area contributed by atoms with Crippen molar-refractivity contribution in [1.82, 2.24) is 0 Å². The molecule has 0 aliphatic carbocycles. The van der Waals surface area contributed by atoms with Gasteiger partial charge in [0.25, 0.3) is 0 Å². The zero-order valence-corrected chi connectivity index (χ0v) is 12.6. The minimum absolute atomic E-state index is 0.196. The lowest BCUT2D eigenvalue weighted by Crippen LogP contribution is -2.26. The molecule has 0 bridgehead atoms. The molecule has 0 rings (SSSR count). The Morgan fingerprint density at radius 1 is 1.06 bits per heavy atom. The molecule has 0 amide bonds. The normalized spacial score (nSPS) is 11.5. The van der Waals surface area contributed by atoms with Crippen molar-refractivity contribution in [2.45, 2.75) is 85.4 Å². The van der Waals surface area contributed by atoms with Gasteiger partial charge in [-0.05, 0) is 40.5 Å². The van der Waals surface area contributed by atoms with Crippen LogP contribution in [0.15, 0.2) is 0 Å². The van der Waals surface area contributed by atoms with E-state index in [1.807, 2.05) is 27.7 Å². The second-order valence-corrected chi connectivity index (χ2v) is 5.67. The van der Waals surface area contributed by atoms with E-state index >= 15 is 0 Å². The number of ether oxygens (including phenoxy) is 1. The molecule has 0 aliphatic heterocycles. The van der Waals surface area contributed by atoms with Crippen LogP contribution in [0.1, 0.15) is 74.1 Å². The third-order valence-electron chi connectivity index (χ3n) is 2.13. The minimum atomic E-state index is -0.450. The van der Waals surface area contributed by atoms with Crippen molar-refractivity contribution >= 4 is 5.97 Å². The first-order chi connectivity index (χ1) is 7.54. The molecule has 3 nitrogen and oxygen atoms in total. The van der Waals surface area contributed by atoms with Gasteiger partial charge in [-0.2, -0.15) is 0 Å². The number of carbonyl (C=O) groups excluding carboxylic acids is 1. The van der Waals surface area contributed by atoms with Crippen molar-refractivity contribution in [3.8, 4) is 0 Å². The molecule has 0 saturated heterocycles. The number of rotatable bonds is 5. The zero-order valence-electron chi connectivity index (χ0n) is 12.6. The molecule has 0 saturated carbocycles. The molecule has 0 aromatic carbocycles. The van der Waals surface area contributed by atoms with Crippen molar-refractivity contribution in [2.75, 3.05) is 0 Å². The molecule has 17 heavy (non-hydrogen) atoms. The molecule has 0 radical (unpaired) electrons. The van der Waals surface area contributed by atoms with Crippen LogP contribution in [0, 0.1) is 0 Å². The fourth-order valence-electron chi connectivity index (χ4n) is 1.65. The predicted molar refractivity (Wildman–Crippen MR) is 72.0 cm³/mol. The highest BCUT2D eigenvalue weighted by atomic mass is 16.6. The molecule has 104 valence electrons. The first-order valence-electron chi connectivity index (χ1n) is 6.46. The van der Waals surface area contributed by atoms with E-state index in [0.717, 1.165) is 25.7 Å². The summed E-state index contributed by atoms with van der Waals surface area (Å²) in [7, 11) is 0. The quantitative estimate of drug-likeness (QED) is 0.753. The molecule has 0 aromatic heterocycles. The fraction of sp³-hybridized carbons (Fsp3) is 0.929. The van der Waals surface area contributed by atoms with Crippen LogP contribution in [0.3, 0.4) is 0 Å². The van der Waals surface area contributed by atoms with Gasteiger partial charge >= 0.3 is 5.97 Å². The topological polar surface area (TPSA) is 46.5 Å². The highest BCUT2D eigenvalue weighted by molar-refractivity contribution is 5.66. The Morgan fingerprint density at radius 2 is 1.47 bits per heavy atom. The van der Waals surface area contributed by atoms with E-state index in [0.29, 0.717) is 0 Å². The van der Waals surface area contributed by atoms with Crippen LogP contribution in [0.25, 0.3) is 0 Å². The van der Waals surface area contributed by atoms with Gasteiger partial charge in [0.15, 0.2) is 0 Å². The van der Waals surface area contributed by atoms with Crippen molar-refractivity contribution < 1.29 is 14.6 Å². The van der Waals surface area contributed by atoms with Gasteiger partial charge in [-0.15, -0.1) is 0 Å². The fourth-order valence-corrected chi connectivity index (χ4v) is 1.65. The summed E-state index contributed by atoms with van der Waals surface area (Å²) in [5, 5.41) is 9.02.